The summed E-state index contributed by atoms with van der Waals surface area (Å²) in [6, 6.07) is 4.04. The fourth-order valence-electron chi connectivity index (χ4n) is 1.58. The second kappa shape index (κ2) is 6.87. The van der Waals surface area contributed by atoms with Crippen molar-refractivity contribution >= 4 is 21.8 Å². The van der Waals surface area contributed by atoms with Gasteiger partial charge in [0.2, 0.25) is 5.91 Å². The molecule has 6 nitrogen and oxygen atoms in total. The van der Waals surface area contributed by atoms with Crippen molar-refractivity contribution in [2.45, 2.75) is 32.1 Å². The summed E-state index contributed by atoms with van der Waals surface area (Å²) < 4.78 is 38.3. The van der Waals surface area contributed by atoms with Gasteiger partial charge in [-0.2, -0.15) is 0 Å². The van der Waals surface area contributed by atoms with Gasteiger partial charge in [-0.15, -0.1) is 0 Å². The van der Waals surface area contributed by atoms with E-state index in [2.05, 4.69) is 5.32 Å². The lowest BCUT2D eigenvalue weighted by Crippen LogP contribution is -2.40. The maximum Gasteiger partial charge on any atom is 0.264 e. The highest BCUT2D eigenvalue weighted by Gasteiger charge is 2.19. The van der Waals surface area contributed by atoms with Crippen molar-refractivity contribution < 1.29 is 22.4 Å². The van der Waals surface area contributed by atoms with Crippen molar-refractivity contribution in [3.63, 3.8) is 0 Å². The molecule has 1 aromatic carbocycles. The molecule has 1 aromatic rings. The molecular weight excluding hydrogens is 311 g/mol. The second-order valence-corrected chi connectivity index (χ2v) is 7.68. The van der Waals surface area contributed by atoms with E-state index >= 15 is 0 Å². The Bertz CT molecular complexity index is 648. The van der Waals surface area contributed by atoms with Crippen molar-refractivity contribution in [3.8, 4) is 0 Å². The van der Waals surface area contributed by atoms with Crippen LogP contribution < -0.4 is 10.0 Å². The molecule has 0 unspecified atom stereocenters. The summed E-state index contributed by atoms with van der Waals surface area (Å²) in [4.78, 5) is 22.9. The van der Waals surface area contributed by atoms with E-state index < -0.39 is 28.3 Å². The van der Waals surface area contributed by atoms with Crippen LogP contribution in [0.1, 0.15) is 27.2 Å². The Balaban J connectivity index is 2.57. The molecule has 8 heteroatoms. The minimum absolute atomic E-state index is 0.213. The van der Waals surface area contributed by atoms with Gasteiger partial charge in [-0.25, -0.2) is 17.5 Å². The van der Waals surface area contributed by atoms with Crippen LogP contribution in [0.3, 0.4) is 0 Å². The van der Waals surface area contributed by atoms with Gasteiger partial charge in [-0.05, 0) is 29.7 Å². The van der Waals surface area contributed by atoms with Gasteiger partial charge in [0.1, 0.15) is 5.82 Å². The largest absolute Gasteiger partial charge is 0.347 e. The number of hydrogen-bond acceptors (Lipinski definition) is 4. The smallest absolute Gasteiger partial charge is 0.264 e. The zero-order chi connectivity index (χ0) is 17.0. The molecule has 0 spiro atoms. The average molecular weight is 330 g/mol. The minimum atomic E-state index is -4.08. The first-order valence-corrected chi connectivity index (χ1v) is 8.06. The Morgan fingerprint density at radius 2 is 1.64 bits per heavy atom. The molecule has 0 radical (unpaired) electrons. The molecule has 2 N–H and O–H groups in total. The summed E-state index contributed by atoms with van der Waals surface area (Å²) in [7, 11) is -4.08. The Morgan fingerprint density at radius 1 is 1.09 bits per heavy atom. The molecule has 0 aliphatic heterocycles. The minimum Gasteiger partial charge on any atom is -0.347 e. The number of carbonyl (C=O) groups excluding carboxylic acids is 2. The van der Waals surface area contributed by atoms with E-state index in [0.29, 0.717) is 0 Å². The number of nitrogens with one attached hydrogen (secondary N) is 2. The summed E-state index contributed by atoms with van der Waals surface area (Å²) in [5, 5.41) is 2.35. The Hall–Kier alpha value is -1.96. The van der Waals surface area contributed by atoms with E-state index in [9.17, 15) is 22.4 Å². The quantitative estimate of drug-likeness (QED) is 0.848. The molecule has 0 bridgehead atoms. The van der Waals surface area contributed by atoms with Crippen molar-refractivity contribution in [3.05, 3.63) is 30.1 Å². The predicted molar refractivity (Wildman–Crippen MR) is 78.8 cm³/mol. The Morgan fingerprint density at radius 3 is 2.14 bits per heavy atom. The maximum absolute atomic E-state index is 12.8. The molecule has 0 saturated heterocycles. The molecule has 0 fully saturated rings. The number of amides is 2. The van der Waals surface area contributed by atoms with Crippen LogP contribution in [0.25, 0.3) is 0 Å². The molecule has 122 valence electrons. The van der Waals surface area contributed by atoms with Crippen LogP contribution in [0.15, 0.2) is 29.2 Å². The summed E-state index contributed by atoms with van der Waals surface area (Å²) in [5.41, 5.74) is -0.235. The number of hydrogen-bond donors (Lipinski definition) is 2. The SMILES string of the molecule is CC(C)(C)CC(=O)NCC(=O)NS(=O)(=O)c1ccc(F)cc1. The summed E-state index contributed by atoms with van der Waals surface area (Å²) in [6.07, 6.45) is 0.213. The van der Waals surface area contributed by atoms with Gasteiger partial charge >= 0.3 is 0 Å². The molecule has 0 aromatic heterocycles. The number of halogens is 1. The first kappa shape index (κ1) is 18.1. The maximum atomic E-state index is 12.8. The second-order valence-electron chi connectivity index (χ2n) is 6.00. The molecule has 22 heavy (non-hydrogen) atoms. The highest BCUT2D eigenvalue weighted by molar-refractivity contribution is 7.90. The summed E-state index contributed by atoms with van der Waals surface area (Å²) in [6.45, 7) is 5.15. The molecule has 0 aliphatic carbocycles. The fourth-order valence-corrected chi connectivity index (χ4v) is 2.57. The van der Waals surface area contributed by atoms with E-state index in [0.717, 1.165) is 24.3 Å². The van der Waals surface area contributed by atoms with E-state index in [4.69, 9.17) is 0 Å². The zero-order valence-corrected chi connectivity index (χ0v) is 13.5. The molecule has 2 amide bonds. The van der Waals surface area contributed by atoms with Gasteiger partial charge in [0.05, 0.1) is 11.4 Å². The van der Waals surface area contributed by atoms with Crippen molar-refractivity contribution in [1.29, 1.82) is 0 Å². The van der Waals surface area contributed by atoms with Crippen molar-refractivity contribution in [2.75, 3.05) is 6.54 Å². The van der Waals surface area contributed by atoms with E-state index in [1.165, 1.54) is 0 Å². The molecule has 1 rings (SSSR count). The van der Waals surface area contributed by atoms with Gasteiger partial charge < -0.3 is 5.32 Å². The van der Waals surface area contributed by atoms with Gasteiger partial charge in [0, 0.05) is 6.42 Å². The van der Waals surface area contributed by atoms with Crippen LogP contribution in [0.5, 0.6) is 0 Å². The lowest BCUT2D eigenvalue weighted by atomic mass is 9.92. The first-order chi connectivity index (χ1) is 9.99. The predicted octanol–water partition coefficient (Wildman–Crippen LogP) is 1.18. The van der Waals surface area contributed by atoms with Crippen LogP contribution in [-0.2, 0) is 19.6 Å². The monoisotopic (exact) mass is 330 g/mol. The lowest BCUT2D eigenvalue weighted by Gasteiger charge is -2.17. The van der Waals surface area contributed by atoms with E-state index in [-0.39, 0.29) is 22.6 Å². The average Bonchev–Trinajstić information content (AvgIpc) is 2.34. The lowest BCUT2D eigenvalue weighted by molar-refractivity contribution is -0.126. The van der Waals surface area contributed by atoms with Crippen LogP contribution in [0.2, 0.25) is 0 Å². The Labute approximate surface area is 129 Å². The normalized spacial score (nSPS) is 11.8. The number of carbonyl (C=O) groups is 2. The van der Waals surface area contributed by atoms with Gasteiger partial charge in [-0.3, -0.25) is 9.59 Å². The molecule has 0 heterocycles. The van der Waals surface area contributed by atoms with Gasteiger partial charge in [0.25, 0.3) is 15.9 Å². The highest BCUT2D eigenvalue weighted by Crippen LogP contribution is 2.17. The van der Waals surface area contributed by atoms with Crippen LogP contribution in [-0.4, -0.2) is 26.8 Å². The number of benzene rings is 1. The molecule has 0 saturated carbocycles. The fraction of sp³-hybridized carbons (Fsp3) is 0.429. The van der Waals surface area contributed by atoms with E-state index in [1.54, 1.807) is 4.72 Å². The molecular formula is C14H19FN2O4S. The topological polar surface area (TPSA) is 92.3 Å². The highest BCUT2D eigenvalue weighted by atomic mass is 32.2. The van der Waals surface area contributed by atoms with Crippen LogP contribution in [0, 0.1) is 11.2 Å². The summed E-state index contributed by atoms with van der Waals surface area (Å²) in [5.74, 6) is -1.80. The number of rotatable bonds is 5. The van der Waals surface area contributed by atoms with Crippen molar-refractivity contribution in [1.82, 2.24) is 10.0 Å². The molecule has 0 aliphatic rings. The molecule has 0 atom stereocenters. The standard InChI is InChI=1S/C14H19FN2O4S/c1-14(2,3)8-12(18)16-9-13(19)17-22(20,21)11-6-4-10(15)5-7-11/h4-7H,8-9H2,1-3H3,(H,16,18)(H,17,19). The third kappa shape index (κ3) is 6.21. The summed E-state index contributed by atoms with van der Waals surface area (Å²) >= 11 is 0. The van der Waals surface area contributed by atoms with Gasteiger partial charge in [0.15, 0.2) is 0 Å². The Kier molecular flexibility index (Phi) is 5.65. The van der Waals surface area contributed by atoms with Crippen LogP contribution in [0.4, 0.5) is 4.39 Å². The third-order valence-corrected chi connectivity index (χ3v) is 3.90. The van der Waals surface area contributed by atoms with Crippen molar-refractivity contribution in [2.24, 2.45) is 5.41 Å². The first-order valence-electron chi connectivity index (χ1n) is 6.57. The number of sulfonamides is 1. The zero-order valence-electron chi connectivity index (χ0n) is 12.6. The third-order valence-electron chi connectivity index (χ3n) is 2.51. The van der Waals surface area contributed by atoms with Crippen LogP contribution >= 0.6 is 0 Å². The van der Waals surface area contributed by atoms with E-state index in [1.807, 2.05) is 20.8 Å². The van der Waals surface area contributed by atoms with Gasteiger partial charge in [-0.1, -0.05) is 20.8 Å².